The Bertz CT molecular complexity index is 575. The zero-order valence-electron chi connectivity index (χ0n) is 11.5. The Morgan fingerprint density at radius 1 is 1.26 bits per heavy atom. The summed E-state index contributed by atoms with van der Waals surface area (Å²) in [5.74, 6) is 1.99. The van der Waals surface area contributed by atoms with Gasteiger partial charge < -0.3 is 10.6 Å². The van der Waals surface area contributed by atoms with Gasteiger partial charge in [-0.15, -0.1) is 0 Å². The van der Waals surface area contributed by atoms with Crippen LogP contribution in [0.4, 0.5) is 11.5 Å². The van der Waals surface area contributed by atoms with Crippen molar-refractivity contribution in [1.82, 2.24) is 4.98 Å². The van der Waals surface area contributed by atoms with Gasteiger partial charge in [0.25, 0.3) is 0 Å². The van der Waals surface area contributed by atoms with E-state index in [2.05, 4.69) is 24.0 Å². The minimum absolute atomic E-state index is 0.797. The number of benzene rings is 1. The van der Waals surface area contributed by atoms with Gasteiger partial charge in [0.2, 0.25) is 0 Å². The lowest BCUT2D eigenvalue weighted by molar-refractivity contribution is 0.700. The molecule has 0 spiro atoms. The minimum atomic E-state index is 0.797. The topological polar surface area (TPSA) is 42.1 Å². The fourth-order valence-electron chi connectivity index (χ4n) is 2.49. The minimum Gasteiger partial charge on any atom is -0.399 e. The molecule has 3 rings (SSSR count). The summed E-state index contributed by atoms with van der Waals surface area (Å²) in [5, 5.41) is 1.12. The van der Waals surface area contributed by atoms with Crippen LogP contribution in [0.2, 0.25) is 0 Å². The number of hydrogen-bond acceptors (Lipinski definition) is 3. The predicted octanol–water partition coefficient (Wildman–Crippen LogP) is 3.44. The normalized spacial score (nSPS) is 14.8. The van der Waals surface area contributed by atoms with Crippen LogP contribution < -0.4 is 10.6 Å². The Morgan fingerprint density at radius 3 is 2.84 bits per heavy atom. The molecule has 3 nitrogen and oxygen atoms in total. The molecule has 0 saturated heterocycles. The molecule has 1 aromatic heterocycles. The maximum atomic E-state index is 5.81. The maximum absolute atomic E-state index is 5.81. The van der Waals surface area contributed by atoms with Gasteiger partial charge in [-0.05, 0) is 55.5 Å². The Hall–Kier alpha value is -1.77. The number of nitrogen functional groups attached to an aromatic ring is 1. The number of hydrogen-bond donors (Lipinski definition) is 1. The van der Waals surface area contributed by atoms with E-state index < -0.39 is 0 Å². The lowest BCUT2D eigenvalue weighted by Gasteiger charge is -2.23. The highest BCUT2D eigenvalue weighted by Gasteiger charge is 2.24. The van der Waals surface area contributed by atoms with Crippen molar-refractivity contribution >= 4 is 22.4 Å². The monoisotopic (exact) mass is 255 g/mol. The first-order valence-corrected chi connectivity index (χ1v) is 7.17. The summed E-state index contributed by atoms with van der Waals surface area (Å²) in [4.78, 5) is 7.21. The molecule has 1 heterocycles. The van der Waals surface area contributed by atoms with Crippen molar-refractivity contribution in [1.29, 1.82) is 0 Å². The first-order valence-electron chi connectivity index (χ1n) is 7.17. The molecule has 0 unspecified atom stereocenters. The summed E-state index contributed by atoms with van der Waals surface area (Å²) < 4.78 is 0. The number of fused-ring (bicyclic) bond motifs is 1. The van der Waals surface area contributed by atoms with Crippen molar-refractivity contribution in [2.75, 3.05) is 23.7 Å². The van der Waals surface area contributed by atoms with E-state index in [1.807, 2.05) is 18.2 Å². The molecule has 3 heteroatoms. The van der Waals surface area contributed by atoms with E-state index in [4.69, 9.17) is 10.7 Å². The molecule has 0 amide bonds. The van der Waals surface area contributed by atoms with Crippen molar-refractivity contribution in [2.45, 2.75) is 26.2 Å². The quantitative estimate of drug-likeness (QED) is 0.832. The highest BCUT2D eigenvalue weighted by atomic mass is 15.2. The summed E-state index contributed by atoms with van der Waals surface area (Å²) >= 11 is 0. The second-order valence-corrected chi connectivity index (χ2v) is 5.51. The van der Waals surface area contributed by atoms with Gasteiger partial charge in [0, 0.05) is 24.2 Å². The van der Waals surface area contributed by atoms with Gasteiger partial charge in [-0.1, -0.05) is 6.92 Å². The van der Waals surface area contributed by atoms with Crippen LogP contribution in [0.5, 0.6) is 0 Å². The average molecular weight is 255 g/mol. The van der Waals surface area contributed by atoms with Gasteiger partial charge in [0.15, 0.2) is 0 Å². The van der Waals surface area contributed by atoms with Crippen LogP contribution in [0, 0.1) is 5.92 Å². The van der Waals surface area contributed by atoms with E-state index in [0.29, 0.717) is 0 Å². The summed E-state index contributed by atoms with van der Waals surface area (Å²) in [6.07, 6.45) is 3.92. The fourth-order valence-corrected chi connectivity index (χ4v) is 2.49. The van der Waals surface area contributed by atoms with E-state index in [1.165, 1.54) is 12.8 Å². The van der Waals surface area contributed by atoms with Gasteiger partial charge in [-0.25, -0.2) is 4.98 Å². The number of nitrogens with two attached hydrogens (primary N) is 1. The van der Waals surface area contributed by atoms with Crippen molar-refractivity contribution in [3.05, 3.63) is 30.3 Å². The SMILES string of the molecule is CCCN(CC1CC1)c1ccc2cc(N)ccc2n1. The largest absolute Gasteiger partial charge is 0.399 e. The van der Waals surface area contributed by atoms with Crippen molar-refractivity contribution in [3.8, 4) is 0 Å². The molecular formula is C16H21N3. The third kappa shape index (κ3) is 2.80. The van der Waals surface area contributed by atoms with E-state index in [1.54, 1.807) is 0 Å². The molecule has 1 fully saturated rings. The summed E-state index contributed by atoms with van der Waals surface area (Å²) in [7, 11) is 0. The molecular weight excluding hydrogens is 234 g/mol. The molecule has 1 aliphatic carbocycles. The Balaban J connectivity index is 1.90. The lowest BCUT2D eigenvalue weighted by atomic mass is 10.2. The fraction of sp³-hybridized carbons (Fsp3) is 0.438. The third-order valence-corrected chi connectivity index (χ3v) is 3.69. The van der Waals surface area contributed by atoms with Crippen LogP contribution in [-0.4, -0.2) is 18.1 Å². The first kappa shape index (κ1) is 12.3. The highest BCUT2D eigenvalue weighted by molar-refractivity contribution is 5.83. The molecule has 1 aromatic carbocycles. The van der Waals surface area contributed by atoms with Gasteiger partial charge in [-0.2, -0.15) is 0 Å². The zero-order chi connectivity index (χ0) is 13.2. The molecule has 0 bridgehead atoms. The summed E-state index contributed by atoms with van der Waals surface area (Å²) in [6, 6.07) is 10.2. The smallest absolute Gasteiger partial charge is 0.129 e. The number of anilines is 2. The van der Waals surface area contributed by atoms with E-state index in [9.17, 15) is 0 Å². The Morgan fingerprint density at radius 2 is 2.11 bits per heavy atom. The van der Waals surface area contributed by atoms with Crippen molar-refractivity contribution < 1.29 is 0 Å². The van der Waals surface area contributed by atoms with Crippen LogP contribution in [-0.2, 0) is 0 Å². The molecule has 0 radical (unpaired) electrons. The third-order valence-electron chi connectivity index (χ3n) is 3.69. The highest BCUT2D eigenvalue weighted by Crippen LogP contribution is 2.31. The first-order chi connectivity index (χ1) is 9.26. The number of pyridine rings is 1. The Labute approximate surface area is 114 Å². The van der Waals surface area contributed by atoms with E-state index in [0.717, 1.165) is 47.8 Å². The predicted molar refractivity (Wildman–Crippen MR) is 81.4 cm³/mol. The van der Waals surface area contributed by atoms with Crippen molar-refractivity contribution in [2.24, 2.45) is 5.92 Å². The summed E-state index contributed by atoms with van der Waals surface area (Å²) in [5.41, 5.74) is 7.63. The number of aromatic nitrogens is 1. The van der Waals surface area contributed by atoms with Crippen molar-refractivity contribution in [3.63, 3.8) is 0 Å². The standard InChI is InChI=1S/C16H21N3/c1-2-9-19(11-12-3-4-12)16-8-5-13-10-14(17)6-7-15(13)18-16/h5-8,10,12H,2-4,9,11,17H2,1H3. The van der Waals surface area contributed by atoms with Gasteiger partial charge >= 0.3 is 0 Å². The molecule has 0 aliphatic heterocycles. The second kappa shape index (κ2) is 5.08. The molecule has 2 aromatic rings. The van der Waals surface area contributed by atoms with Crippen LogP contribution in [0.25, 0.3) is 10.9 Å². The van der Waals surface area contributed by atoms with Gasteiger partial charge in [0.05, 0.1) is 5.52 Å². The average Bonchev–Trinajstić information content (AvgIpc) is 3.22. The maximum Gasteiger partial charge on any atom is 0.129 e. The zero-order valence-corrected chi connectivity index (χ0v) is 11.5. The van der Waals surface area contributed by atoms with Crippen LogP contribution in [0.3, 0.4) is 0 Å². The molecule has 2 N–H and O–H groups in total. The molecule has 0 atom stereocenters. The summed E-state index contributed by atoms with van der Waals surface area (Å²) in [6.45, 7) is 4.47. The van der Waals surface area contributed by atoms with Crippen LogP contribution in [0.15, 0.2) is 30.3 Å². The lowest BCUT2D eigenvalue weighted by Crippen LogP contribution is -2.27. The van der Waals surface area contributed by atoms with Gasteiger partial charge in [0.1, 0.15) is 5.82 Å². The van der Waals surface area contributed by atoms with E-state index >= 15 is 0 Å². The molecule has 100 valence electrons. The van der Waals surface area contributed by atoms with Crippen LogP contribution in [0.1, 0.15) is 26.2 Å². The van der Waals surface area contributed by atoms with Gasteiger partial charge in [-0.3, -0.25) is 0 Å². The molecule has 1 saturated carbocycles. The molecule has 1 aliphatic rings. The second-order valence-electron chi connectivity index (χ2n) is 5.51. The Kier molecular flexibility index (Phi) is 3.28. The van der Waals surface area contributed by atoms with E-state index in [-0.39, 0.29) is 0 Å². The molecule has 19 heavy (non-hydrogen) atoms. The van der Waals surface area contributed by atoms with Crippen LogP contribution >= 0.6 is 0 Å². The number of rotatable bonds is 5. The number of nitrogens with zero attached hydrogens (tertiary/aromatic N) is 2.